The Morgan fingerprint density at radius 1 is 1.38 bits per heavy atom. The molecule has 0 fully saturated rings. The number of hydrogen-bond donors (Lipinski definition) is 3. The molecule has 0 bridgehead atoms. The second kappa shape index (κ2) is 6.69. The lowest BCUT2D eigenvalue weighted by Gasteiger charge is -2.34. The Bertz CT molecular complexity index is 242. The molecule has 0 heterocycles. The first-order valence-corrected chi connectivity index (χ1v) is 7.15. The van der Waals surface area contributed by atoms with Crippen LogP contribution in [0.25, 0.3) is 0 Å². The molecule has 0 rings (SSSR count). The van der Waals surface area contributed by atoms with E-state index in [1.165, 1.54) is 6.92 Å². The first-order chi connectivity index (χ1) is 7.33. The molecule has 0 aromatic carbocycles. The maximum Gasteiger partial charge on any atom is 0.260 e. The monoisotopic (exact) mass is 255 g/mol. The van der Waals surface area contributed by atoms with Crippen LogP contribution in [0.4, 0.5) is 0 Å². The van der Waals surface area contributed by atoms with Gasteiger partial charge < -0.3 is 25.2 Å². The second-order valence-corrected chi connectivity index (χ2v) is 6.12. The van der Waals surface area contributed by atoms with E-state index in [2.05, 4.69) is 0 Å². The minimum atomic E-state index is -3.79. The van der Waals surface area contributed by atoms with Gasteiger partial charge in [-0.2, -0.15) is 0 Å². The van der Waals surface area contributed by atoms with Crippen LogP contribution >= 0.6 is 7.37 Å². The molecule has 0 saturated heterocycles. The molecule has 0 aromatic heterocycles. The third kappa shape index (κ3) is 4.13. The van der Waals surface area contributed by atoms with E-state index in [1.807, 2.05) is 0 Å². The summed E-state index contributed by atoms with van der Waals surface area (Å²) in [6.07, 6.45) is -1.36. The summed E-state index contributed by atoms with van der Waals surface area (Å²) in [5, 5.41) is 9.32. The number of aliphatic hydroxyl groups is 1. The Labute approximate surface area is 96.2 Å². The molecule has 7 heteroatoms. The molecule has 4 N–H and O–H groups in total. The Balaban J connectivity index is 4.81. The van der Waals surface area contributed by atoms with Crippen LogP contribution < -0.4 is 5.73 Å². The summed E-state index contributed by atoms with van der Waals surface area (Å²) < 4.78 is 22.5. The third-order valence-corrected chi connectivity index (χ3v) is 4.63. The molecule has 2 atom stereocenters. The van der Waals surface area contributed by atoms with Crippen LogP contribution in [0.2, 0.25) is 0 Å². The van der Waals surface area contributed by atoms with Crippen molar-refractivity contribution in [2.45, 2.75) is 32.4 Å². The molecular formula is C9H22NO5P. The van der Waals surface area contributed by atoms with Crippen molar-refractivity contribution in [3.63, 3.8) is 0 Å². The smallest absolute Gasteiger partial charge is 0.260 e. The van der Waals surface area contributed by atoms with Gasteiger partial charge in [0.2, 0.25) is 5.53 Å². The van der Waals surface area contributed by atoms with Crippen LogP contribution in [-0.4, -0.2) is 47.6 Å². The zero-order valence-electron chi connectivity index (χ0n) is 10.0. The summed E-state index contributed by atoms with van der Waals surface area (Å²) in [4.78, 5) is 9.89. The summed E-state index contributed by atoms with van der Waals surface area (Å²) in [7, 11) is -3.79. The Kier molecular flexibility index (Phi) is 6.70. The lowest BCUT2D eigenvalue weighted by molar-refractivity contribution is -0.167. The summed E-state index contributed by atoms with van der Waals surface area (Å²) >= 11 is 0. The van der Waals surface area contributed by atoms with Gasteiger partial charge in [0.05, 0.1) is 12.3 Å². The zero-order valence-corrected chi connectivity index (χ0v) is 10.9. The molecule has 0 saturated carbocycles. The van der Waals surface area contributed by atoms with Crippen LogP contribution in [0.15, 0.2) is 0 Å². The average molecular weight is 255 g/mol. The molecule has 98 valence electrons. The Morgan fingerprint density at radius 2 is 1.81 bits per heavy atom. The van der Waals surface area contributed by atoms with Crippen LogP contribution in [0.5, 0.6) is 0 Å². The number of hydrogen-bond acceptors (Lipinski definition) is 5. The zero-order chi connectivity index (χ0) is 12.8. The predicted octanol–water partition coefficient (Wildman–Crippen LogP) is 0.323. The molecule has 6 nitrogen and oxygen atoms in total. The second-order valence-electron chi connectivity index (χ2n) is 3.54. The van der Waals surface area contributed by atoms with E-state index in [0.717, 1.165) is 0 Å². The fourth-order valence-electron chi connectivity index (χ4n) is 1.31. The van der Waals surface area contributed by atoms with Crippen LogP contribution in [-0.2, 0) is 14.0 Å². The van der Waals surface area contributed by atoms with Gasteiger partial charge in [-0.3, -0.25) is 4.57 Å². The molecule has 1 unspecified atom stereocenters. The molecular weight excluding hydrogens is 233 g/mol. The molecule has 0 spiro atoms. The largest absolute Gasteiger partial charge is 0.391 e. The summed E-state index contributed by atoms with van der Waals surface area (Å²) in [6, 6.07) is 0. The van der Waals surface area contributed by atoms with E-state index in [0.29, 0.717) is 0 Å². The van der Waals surface area contributed by atoms with Crippen LogP contribution in [0.1, 0.15) is 20.8 Å². The van der Waals surface area contributed by atoms with E-state index < -0.39 is 19.0 Å². The predicted molar refractivity (Wildman–Crippen MR) is 61.4 cm³/mol. The standard InChI is InChI=1S/C9H22NO5P/c1-4-14-9(3,15-5-2)16(12,13)7-8(11)6-10/h8,11H,4-7,10H2,1-3H3,(H,12,13)/t8-/m1/s1. The molecule has 0 aliphatic rings. The van der Waals surface area contributed by atoms with E-state index in [4.69, 9.17) is 15.2 Å². The summed E-state index contributed by atoms with van der Waals surface area (Å²) in [6.45, 7) is 5.25. The number of ether oxygens (including phenoxy) is 2. The molecule has 0 radical (unpaired) electrons. The number of nitrogens with two attached hydrogens (primary N) is 1. The average Bonchev–Trinajstić information content (AvgIpc) is 2.17. The minimum Gasteiger partial charge on any atom is -0.391 e. The van der Waals surface area contributed by atoms with E-state index in [-0.39, 0.29) is 25.9 Å². The first-order valence-electron chi connectivity index (χ1n) is 5.31. The van der Waals surface area contributed by atoms with Gasteiger partial charge in [-0.15, -0.1) is 0 Å². The molecule has 0 aliphatic heterocycles. The number of aliphatic hydroxyl groups excluding tert-OH is 1. The molecule has 0 aliphatic carbocycles. The van der Waals surface area contributed by atoms with Crippen molar-refractivity contribution >= 4 is 7.37 Å². The van der Waals surface area contributed by atoms with Crippen molar-refractivity contribution in [2.75, 3.05) is 25.9 Å². The van der Waals surface area contributed by atoms with Gasteiger partial charge in [-0.05, 0) is 20.8 Å². The SMILES string of the molecule is CCOC(C)(OCC)P(=O)(O)C[C@H](O)CN. The van der Waals surface area contributed by atoms with E-state index in [1.54, 1.807) is 13.8 Å². The van der Waals surface area contributed by atoms with Gasteiger partial charge in [0.15, 0.2) is 0 Å². The molecule has 16 heavy (non-hydrogen) atoms. The van der Waals surface area contributed by atoms with E-state index >= 15 is 0 Å². The fourth-order valence-corrected chi connectivity index (χ4v) is 3.02. The van der Waals surface area contributed by atoms with Crippen molar-refractivity contribution in [1.29, 1.82) is 0 Å². The Hall–Kier alpha value is 0.0300. The normalized spacial score (nSPS) is 18.1. The maximum atomic E-state index is 12.1. The van der Waals surface area contributed by atoms with Gasteiger partial charge in [0.25, 0.3) is 7.37 Å². The lowest BCUT2D eigenvalue weighted by atomic mass is 10.4. The van der Waals surface area contributed by atoms with Crippen molar-refractivity contribution in [1.82, 2.24) is 0 Å². The third-order valence-electron chi connectivity index (χ3n) is 2.19. The lowest BCUT2D eigenvalue weighted by Crippen LogP contribution is -2.37. The van der Waals surface area contributed by atoms with E-state index in [9.17, 15) is 14.6 Å². The maximum absolute atomic E-state index is 12.1. The molecule has 0 amide bonds. The highest BCUT2D eigenvalue weighted by atomic mass is 31.2. The van der Waals surface area contributed by atoms with Crippen molar-refractivity contribution < 1.29 is 24.0 Å². The summed E-state index contributed by atoms with van der Waals surface area (Å²) in [5.41, 5.74) is 3.63. The van der Waals surface area contributed by atoms with Crippen molar-refractivity contribution in [3.05, 3.63) is 0 Å². The Morgan fingerprint density at radius 3 is 2.12 bits per heavy atom. The van der Waals surface area contributed by atoms with Gasteiger partial charge in [-0.25, -0.2) is 0 Å². The fraction of sp³-hybridized carbons (Fsp3) is 1.00. The van der Waals surface area contributed by atoms with Gasteiger partial charge in [-0.1, -0.05) is 0 Å². The highest BCUT2D eigenvalue weighted by Gasteiger charge is 2.46. The topological polar surface area (TPSA) is 102 Å². The van der Waals surface area contributed by atoms with Crippen molar-refractivity contribution in [3.8, 4) is 0 Å². The van der Waals surface area contributed by atoms with Crippen LogP contribution in [0.3, 0.4) is 0 Å². The quantitative estimate of drug-likeness (QED) is 0.426. The minimum absolute atomic E-state index is 0.0706. The molecule has 0 aromatic rings. The number of rotatable bonds is 8. The van der Waals surface area contributed by atoms with Crippen LogP contribution in [0, 0.1) is 0 Å². The van der Waals surface area contributed by atoms with Gasteiger partial charge in [0, 0.05) is 19.8 Å². The first kappa shape index (κ1) is 16.0. The summed E-state index contributed by atoms with van der Waals surface area (Å²) in [5.74, 6) is 0. The van der Waals surface area contributed by atoms with Crippen molar-refractivity contribution in [2.24, 2.45) is 5.73 Å². The highest BCUT2D eigenvalue weighted by molar-refractivity contribution is 7.59. The van der Waals surface area contributed by atoms with Gasteiger partial charge >= 0.3 is 0 Å². The van der Waals surface area contributed by atoms with Gasteiger partial charge in [0.1, 0.15) is 0 Å². The highest BCUT2D eigenvalue weighted by Crippen LogP contribution is 2.55.